The normalized spacial score (nSPS) is 37.8. The van der Waals surface area contributed by atoms with Crippen molar-refractivity contribution in [2.45, 2.75) is 146 Å². The molecule has 0 saturated heterocycles. The number of aryl methyl sites for hydroxylation is 1. The fourth-order valence-corrected chi connectivity index (χ4v) is 13.0. The molecule has 1 N–H and O–H groups in total. The van der Waals surface area contributed by atoms with Crippen molar-refractivity contribution in [2.75, 3.05) is 0 Å². The topological polar surface area (TPSA) is 97.7 Å². The molecule has 0 aliphatic heterocycles. The van der Waals surface area contributed by atoms with Crippen LogP contribution in [0.4, 0.5) is 0 Å². The number of esters is 1. The maximum atomic E-state index is 14.6. The van der Waals surface area contributed by atoms with Crippen molar-refractivity contribution < 1.29 is 29.0 Å². The Balaban J connectivity index is 1.31. The second-order valence-corrected chi connectivity index (χ2v) is 19.6. The molecular formula is C44H62O6. The monoisotopic (exact) mass is 686 g/mol. The van der Waals surface area contributed by atoms with E-state index in [1.165, 1.54) is 5.57 Å². The molecule has 6 nitrogen and oxygen atoms in total. The van der Waals surface area contributed by atoms with Crippen LogP contribution >= 0.6 is 0 Å². The van der Waals surface area contributed by atoms with Gasteiger partial charge in [-0.15, -0.1) is 0 Å². The van der Waals surface area contributed by atoms with Gasteiger partial charge in [0.15, 0.2) is 5.78 Å². The number of hydrogen-bond donors (Lipinski definition) is 1. The van der Waals surface area contributed by atoms with Gasteiger partial charge in [0.05, 0.1) is 17.3 Å². The summed E-state index contributed by atoms with van der Waals surface area (Å²) < 4.78 is 6.16. The molecule has 4 saturated carbocycles. The molecule has 1 aromatic rings. The van der Waals surface area contributed by atoms with Gasteiger partial charge < -0.3 is 9.84 Å². The quantitative estimate of drug-likeness (QED) is 0.274. The third-order valence-electron chi connectivity index (χ3n) is 15.8. The van der Waals surface area contributed by atoms with Crippen LogP contribution in [0.15, 0.2) is 35.4 Å². The van der Waals surface area contributed by atoms with Gasteiger partial charge in [-0.25, -0.2) is 0 Å². The van der Waals surface area contributed by atoms with E-state index in [0.717, 1.165) is 68.1 Å². The minimum atomic E-state index is -1.16. The Bertz CT molecular complexity index is 1630. The van der Waals surface area contributed by atoms with Crippen LogP contribution in [-0.2, 0) is 30.3 Å². The number of ether oxygens (including phenoxy) is 1. The van der Waals surface area contributed by atoms with E-state index in [1.807, 2.05) is 6.07 Å². The van der Waals surface area contributed by atoms with Crippen LogP contribution in [0, 0.1) is 63.1 Å². The third kappa shape index (κ3) is 5.38. The van der Waals surface area contributed by atoms with Crippen LogP contribution in [0.5, 0.6) is 0 Å². The maximum absolute atomic E-state index is 14.6. The number of fused-ring (bicyclic) bond motifs is 7. The molecular weight excluding hydrogens is 624 g/mol. The highest BCUT2D eigenvalue weighted by Crippen LogP contribution is 2.77. The van der Waals surface area contributed by atoms with E-state index < -0.39 is 22.8 Å². The van der Waals surface area contributed by atoms with Gasteiger partial charge in [-0.05, 0) is 129 Å². The number of aliphatic carboxylic acids is 1. The number of carboxylic acid groups (broad SMARTS) is 1. The van der Waals surface area contributed by atoms with Crippen LogP contribution in [-0.4, -0.2) is 34.7 Å². The zero-order chi connectivity index (χ0) is 36.8. The number of carbonyl (C=O) groups excluding carboxylic acids is 3. The Hall–Kier alpha value is -2.76. The van der Waals surface area contributed by atoms with E-state index in [0.29, 0.717) is 24.7 Å². The average molecular weight is 687 g/mol. The fraction of sp³-hybridized carbons (Fsp3) is 0.727. The molecule has 0 spiro atoms. The van der Waals surface area contributed by atoms with Gasteiger partial charge in [0, 0.05) is 18.3 Å². The van der Waals surface area contributed by atoms with E-state index in [1.54, 1.807) is 13.8 Å². The largest absolute Gasteiger partial charge is 0.481 e. The molecule has 0 unspecified atom stereocenters. The molecule has 5 aliphatic rings. The summed E-state index contributed by atoms with van der Waals surface area (Å²) in [5.41, 5.74) is 2.33. The average Bonchev–Trinajstić information content (AvgIpc) is 3.32. The first-order valence-electron chi connectivity index (χ1n) is 19.4. The number of hydrogen-bond acceptors (Lipinski definition) is 5. The molecule has 6 rings (SSSR count). The predicted molar refractivity (Wildman–Crippen MR) is 195 cm³/mol. The first-order valence-corrected chi connectivity index (χ1v) is 19.4. The second kappa shape index (κ2) is 12.2. The van der Waals surface area contributed by atoms with Crippen molar-refractivity contribution in [2.24, 2.45) is 56.2 Å². The molecule has 0 radical (unpaired) electrons. The molecule has 6 heteroatoms. The predicted octanol–water partition coefficient (Wildman–Crippen LogP) is 9.50. The second-order valence-electron chi connectivity index (χ2n) is 19.6. The fourth-order valence-electron chi connectivity index (χ4n) is 13.0. The van der Waals surface area contributed by atoms with Gasteiger partial charge in [-0.3, -0.25) is 19.2 Å². The molecule has 1 aromatic carbocycles. The van der Waals surface area contributed by atoms with Crippen LogP contribution in [0.1, 0.15) is 138 Å². The molecule has 50 heavy (non-hydrogen) atoms. The standard InChI is InChI=1S/C44H62O6/c1-26(2)36-30(45)24-44(33(46)23-28-13-11-12-27(3)22-28)21-20-42(9)29(37(36)44)14-15-32-41(8)18-17-34(50-35(47)25-39(4,5)38(48)49)40(6,7)31(41)16-19-43(32,42)10/h11-13,22,26,29,31-32,34H,14-21,23-25H2,1-10H3,(H,48,49)/t29-,31+,32-,34+,41+,42-,43-,44+/m1/s1. The highest BCUT2D eigenvalue weighted by molar-refractivity contribution is 6.07. The number of allylic oxidation sites excluding steroid dienone is 2. The van der Waals surface area contributed by atoms with E-state index >= 15 is 0 Å². The van der Waals surface area contributed by atoms with E-state index in [2.05, 4.69) is 73.6 Å². The molecule has 0 heterocycles. The van der Waals surface area contributed by atoms with Crippen molar-refractivity contribution in [3.63, 3.8) is 0 Å². The Morgan fingerprint density at radius 1 is 0.920 bits per heavy atom. The lowest BCUT2D eigenvalue weighted by molar-refractivity contribution is -0.233. The van der Waals surface area contributed by atoms with E-state index in [4.69, 9.17) is 4.74 Å². The Morgan fingerprint density at radius 3 is 2.26 bits per heavy atom. The zero-order valence-electron chi connectivity index (χ0n) is 32.5. The molecule has 0 bridgehead atoms. The van der Waals surface area contributed by atoms with Crippen molar-refractivity contribution in [3.8, 4) is 0 Å². The Morgan fingerprint density at radius 2 is 1.62 bits per heavy atom. The summed E-state index contributed by atoms with van der Waals surface area (Å²) in [6.07, 6.45) is 7.98. The summed E-state index contributed by atoms with van der Waals surface area (Å²) in [4.78, 5) is 53.4. The van der Waals surface area contributed by atoms with E-state index in [-0.39, 0.29) is 57.6 Å². The lowest BCUT2D eigenvalue weighted by atomic mass is 9.33. The number of Topliss-reactive ketones (excluding diaryl/α,β-unsaturated/α-hetero) is 2. The summed E-state index contributed by atoms with van der Waals surface area (Å²) in [5.74, 6) is 0.162. The molecule has 0 amide bonds. The smallest absolute Gasteiger partial charge is 0.309 e. The molecule has 8 atom stereocenters. The van der Waals surface area contributed by atoms with Gasteiger partial charge >= 0.3 is 11.9 Å². The zero-order valence-corrected chi connectivity index (χ0v) is 32.5. The van der Waals surface area contributed by atoms with Gasteiger partial charge in [0.1, 0.15) is 11.9 Å². The summed E-state index contributed by atoms with van der Waals surface area (Å²) in [5, 5.41) is 9.60. The van der Waals surface area contributed by atoms with Gasteiger partial charge in [0.2, 0.25) is 0 Å². The number of benzene rings is 1. The first-order chi connectivity index (χ1) is 23.1. The van der Waals surface area contributed by atoms with Crippen molar-refractivity contribution >= 4 is 23.5 Å². The summed E-state index contributed by atoms with van der Waals surface area (Å²) in [7, 11) is 0. The highest BCUT2D eigenvalue weighted by Gasteiger charge is 2.71. The van der Waals surface area contributed by atoms with Crippen molar-refractivity contribution in [1.82, 2.24) is 0 Å². The molecule has 4 fully saturated rings. The van der Waals surface area contributed by atoms with Gasteiger partial charge in [-0.2, -0.15) is 0 Å². The minimum Gasteiger partial charge on any atom is -0.481 e. The van der Waals surface area contributed by atoms with Gasteiger partial charge in [0.25, 0.3) is 0 Å². The SMILES string of the molecule is Cc1cccc(CC(=O)[C@@]23CC[C@]4(C)[C@H](CC[C@@H]5[C@@]6(C)CC[C@H](OC(=O)CC(C)(C)C(=O)O)C(C)(C)[C@@H]6CC[C@]54C)C2=C(C(C)C)C(=O)C3)c1. The van der Waals surface area contributed by atoms with Crippen LogP contribution in [0.25, 0.3) is 0 Å². The number of ketones is 2. The van der Waals surface area contributed by atoms with Gasteiger partial charge in [-0.1, -0.05) is 78.3 Å². The summed E-state index contributed by atoms with van der Waals surface area (Å²) >= 11 is 0. The van der Waals surface area contributed by atoms with Crippen LogP contribution in [0.2, 0.25) is 0 Å². The number of rotatable bonds is 8. The lowest BCUT2D eigenvalue weighted by Gasteiger charge is -2.72. The minimum absolute atomic E-state index is 0.0347. The Labute approximate surface area is 300 Å². The maximum Gasteiger partial charge on any atom is 0.309 e. The van der Waals surface area contributed by atoms with Crippen molar-refractivity contribution in [3.05, 3.63) is 46.5 Å². The summed E-state index contributed by atoms with van der Waals surface area (Å²) in [6, 6.07) is 8.26. The molecule has 0 aromatic heterocycles. The Kier molecular flexibility index (Phi) is 9.00. The number of carboxylic acids is 1. The highest BCUT2D eigenvalue weighted by atomic mass is 16.5. The third-order valence-corrected chi connectivity index (χ3v) is 15.8. The summed E-state index contributed by atoms with van der Waals surface area (Å²) in [6.45, 7) is 21.6. The lowest BCUT2D eigenvalue weighted by Crippen LogP contribution is -2.66. The van der Waals surface area contributed by atoms with Crippen LogP contribution < -0.4 is 0 Å². The molecule has 274 valence electrons. The van der Waals surface area contributed by atoms with Crippen molar-refractivity contribution in [1.29, 1.82) is 0 Å². The van der Waals surface area contributed by atoms with E-state index in [9.17, 15) is 24.3 Å². The number of carbonyl (C=O) groups is 4. The first kappa shape index (κ1) is 37.0. The molecule has 5 aliphatic carbocycles. The van der Waals surface area contributed by atoms with Crippen LogP contribution in [0.3, 0.4) is 0 Å².